The average molecular weight is 299 g/mol. The zero-order valence-corrected chi connectivity index (χ0v) is 13.3. The average Bonchev–Trinajstić information content (AvgIpc) is 3.01. The lowest BCUT2D eigenvalue weighted by atomic mass is 9.98. The van der Waals surface area contributed by atoms with E-state index >= 15 is 0 Å². The monoisotopic (exact) mass is 299 g/mol. The number of thiophene rings is 1. The molecule has 0 amide bonds. The van der Waals surface area contributed by atoms with E-state index in [0.717, 1.165) is 18.5 Å². The molecule has 2 rings (SSSR count). The van der Waals surface area contributed by atoms with Gasteiger partial charge in [0.2, 0.25) is 0 Å². The minimum Gasteiger partial charge on any atom is -0.326 e. The molecule has 2 N–H and O–H groups in total. The van der Waals surface area contributed by atoms with Gasteiger partial charge >= 0.3 is 0 Å². The number of nitrogens with zero attached hydrogens (tertiary/aromatic N) is 2. The zero-order valence-electron chi connectivity index (χ0n) is 12.5. The highest BCUT2D eigenvalue weighted by Crippen LogP contribution is 2.27. The van der Waals surface area contributed by atoms with Crippen molar-refractivity contribution in [2.75, 3.05) is 7.05 Å². The third kappa shape index (κ3) is 3.92. The molecule has 3 nitrogen and oxygen atoms in total. The molecule has 21 heavy (non-hydrogen) atoms. The molecular formula is C17H21N3S. The molecular weight excluding hydrogens is 278 g/mol. The summed E-state index contributed by atoms with van der Waals surface area (Å²) in [6.45, 7) is 2.90. The summed E-state index contributed by atoms with van der Waals surface area (Å²) in [4.78, 5) is 2.27. The lowest BCUT2D eigenvalue weighted by molar-refractivity contribution is 0.202. The van der Waals surface area contributed by atoms with Crippen LogP contribution in [0.1, 0.15) is 36.1 Å². The molecule has 0 aliphatic carbocycles. The van der Waals surface area contributed by atoms with Crippen molar-refractivity contribution in [2.24, 2.45) is 5.73 Å². The van der Waals surface area contributed by atoms with Crippen LogP contribution < -0.4 is 5.73 Å². The minimum atomic E-state index is 0.101. The lowest BCUT2D eigenvalue weighted by Crippen LogP contribution is -2.38. The number of nitriles is 1. The van der Waals surface area contributed by atoms with Crippen molar-refractivity contribution in [3.63, 3.8) is 0 Å². The highest BCUT2D eigenvalue weighted by molar-refractivity contribution is 7.07. The molecule has 0 radical (unpaired) electrons. The molecule has 2 aromatic rings. The third-order valence-electron chi connectivity index (χ3n) is 3.72. The van der Waals surface area contributed by atoms with Crippen LogP contribution >= 0.6 is 11.3 Å². The Hall–Kier alpha value is -1.67. The van der Waals surface area contributed by atoms with Gasteiger partial charge in [0, 0.05) is 12.6 Å². The molecule has 0 aliphatic heterocycles. The van der Waals surface area contributed by atoms with Crippen molar-refractivity contribution < 1.29 is 0 Å². The highest BCUT2D eigenvalue weighted by atomic mass is 32.1. The molecule has 4 heteroatoms. The van der Waals surface area contributed by atoms with Crippen LogP contribution in [0.2, 0.25) is 0 Å². The Bertz CT molecular complexity index is 601. The van der Waals surface area contributed by atoms with Gasteiger partial charge in [-0.3, -0.25) is 4.90 Å². The number of rotatable bonds is 6. The Kier molecular flexibility index (Phi) is 5.51. The van der Waals surface area contributed by atoms with E-state index in [4.69, 9.17) is 11.0 Å². The number of hydrogen-bond donors (Lipinski definition) is 1. The molecule has 0 saturated carbocycles. The van der Waals surface area contributed by atoms with E-state index in [9.17, 15) is 0 Å². The fourth-order valence-corrected chi connectivity index (χ4v) is 3.31. The number of nitrogens with two attached hydrogens (primary N) is 1. The van der Waals surface area contributed by atoms with Gasteiger partial charge in [-0.15, -0.1) is 0 Å². The second-order valence-corrected chi connectivity index (χ2v) is 6.08. The molecule has 1 heterocycles. The van der Waals surface area contributed by atoms with E-state index in [1.807, 2.05) is 18.2 Å². The van der Waals surface area contributed by atoms with E-state index in [1.54, 1.807) is 11.3 Å². The van der Waals surface area contributed by atoms with E-state index in [2.05, 4.69) is 47.8 Å². The second-order valence-electron chi connectivity index (χ2n) is 5.30. The Balaban J connectivity index is 2.19. The fraction of sp³-hybridized carbons (Fsp3) is 0.353. The van der Waals surface area contributed by atoms with Crippen molar-refractivity contribution in [3.05, 3.63) is 57.8 Å². The van der Waals surface area contributed by atoms with Gasteiger partial charge < -0.3 is 5.73 Å². The van der Waals surface area contributed by atoms with Gasteiger partial charge in [-0.25, -0.2) is 0 Å². The largest absolute Gasteiger partial charge is 0.326 e. The summed E-state index contributed by atoms with van der Waals surface area (Å²) in [5.41, 5.74) is 9.44. The molecule has 0 bridgehead atoms. The molecule has 1 aromatic carbocycles. The van der Waals surface area contributed by atoms with Crippen molar-refractivity contribution >= 4 is 11.3 Å². The van der Waals surface area contributed by atoms with Crippen molar-refractivity contribution in [2.45, 2.75) is 32.0 Å². The van der Waals surface area contributed by atoms with Gasteiger partial charge in [-0.05, 0) is 53.6 Å². The second kappa shape index (κ2) is 7.37. The van der Waals surface area contributed by atoms with Gasteiger partial charge in [0.25, 0.3) is 0 Å². The van der Waals surface area contributed by atoms with Crippen LogP contribution in [0.15, 0.2) is 41.1 Å². The molecule has 2 atom stereocenters. The summed E-state index contributed by atoms with van der Waals surface area (Å²) in [5, 5.41) is 13.3. The van der Waals surface area contributed by atoms with E-state index in [1.165, 1.54) is 5.56 Å². The molecule has 2 unspecified atom stereocenters. The maximum absolute atomic E-state index is 9.00. The molecule has 0 fully saturated rings. The number of likely N-dealkylation sites (N-methyl/N-ethyl adjacent to an activating group) is 1. The smallest absolute Gasteiger partial charge is 0.0991 e. The molecule has 0 spiro atoms. The summed E-state index contributed by atoms with van der Waals surface area (Å²) >= 11 is 1.70. The van der Waals surface area contributed by atoms with Crippen LogP contribution in [0.25, 0.3) is 0 Å². The summed E-state index contributed by atoms with van der Waals surface area (Å²) in [6.07, 6.45) is 0.934. The maximum Gasteiger partial charge on any atom is 0.0991 e. The molecule has 0 aliphatic rings. The van der Waals surface area contributed by atoms with E-state index in [0.29, 0.717) is 5.56 Å². The first-order valence-corrected chi connectivity index (χ1v) is 8.07. The fourth-order valence-electron chi connectivity index (χ4n) is 2.62. The maximum atomic E-state index is 9.00. The third-order valence-corrected chi connectivity index (χ3v) is 4.43. The minimum absolute atomic E-state index is 0.101. The van der Waals surface area contributed by atoms with Crippen molar-refractivity contribution in [3.8, 4) is 6.07 Å². The lowest BCUT2D eigenvalue weighted by Gasteiger charge is -2.32. The summed E-state index contributed by atoms with van der Waals surface area (Å²) in [6, 6.07) is 12.4. The van der Waals surface area contributed by atoms with Crippen LogP contribution in [-0.4, -0.2) is 18.0 Å². The molecule has 0 saturated heterocycles. The van der Waals surface area contributed by atoms with E-state index < -0.39 is 0 Å². The van der Waals surface area contributed by atoms with Crippen LogP contribution in [0.5, 0.6) is 0 Å². The first-order chi connectivity index (χ1) is 10.2. The van der Waals surface area contributed by atoms with Gasteiger partial charge in [0.1, 0.15) is 0 Å². The predicted octanol–water partition coefficient (Wildman–Crippen LogP) is 3.53. The predicted molar refractivity (Wildman–Crippen MR) is 88.0 cm³/mol. The van der Waals surface area contributed by atoms with E-state index in [-0.39, 0.29) is 12.1 Å². The molecule has 1 aromatic heterocycles. The highest BCUT2D eigenvalue weighted by Gasteiger charge is 2.23. The quantitative estimate of drug-likeness (QED) is 0.887. The van der Waals surface area contributed by atoms with Crippen LogP contribution in [0.3, 0.4) is 0 Å². The van der Waals surface area contributed by atoms with Crippen molar-refractivity contribution in [1.29, 1.82) is 5.26 Å². The Morgan fingerprint density at radius 2 is 2.19 bits per heavy atom. The van der Waals surface area contributed by atoms with Crippen LogP contribution in [0, 0.1) is 11.3 Å². The molecule has 110 valence electrons. The Labute approximate surface area is 130 Å². The van der Waals surface area contributed by atoms with Gasteiger partial charge in [0.05, 0.1) is 17.7 Å². The summed E-state index contributed by atoms with van der Waals surface area (Å²) in [7, 11) is 2.09. The Morgan fingerprint density at radius 3 is 2.81 bits per heavy atom. The summed E-state index contributed by atoms with van der Waals surface area (Å²) in [5.74, 6) is 0. The van der Waals surface area contributed by atoms with Crippen LogP contribution in [0.4, 0.5) is 0 Å². The van der Waals surface area contributed by atoms with Gasteiger partial charge in [0.15, 0.2) is 0 Å². The SMILES string of the molecule is CCC(N)C(c1ccsc1)N(C)Cc1cccc(C#N)c1. The van der Waals surface area contributed by atoms with Crippen molar-refractivity contribution in [1.82, 2.24) is 4.90 Å². The normalized spacial score (nSPS) is 13.9. The first kappa shape index (κ1) is 15.7. The van der Waals surface area contributed by atoms with Gasteiger partial charge in [-0.1, -0.05) is 19.1 Å². The number of benzene rings is 1. The zero-order chi connectivity index (χ0) is 15.2. The Morgan fingerprint density at radius 1 is 1.38 bits per heavy atom. The summed E-state index contributed by atoms with van der Waals surface area (Å²) < 4.78 is 0. The first-order valence-electron chi connectivity index (χ1n) is 7.12. The topological polar surface area (TPSA) is 53.0 Å². The van der Waals surface area contributed by atoms with Crippen LogP contribution in [-0.2, 0) is 6.54 Å². The van der Waals surface area contributed by atoms with Gasteiger partial charge in [-0.2, -0.15) is 16.6 Å². The number of hydrogen-bond acceptors (Lipinski definition) is 4. The standard InChI is InChI=1S/C17H21N3S/c1-3-16(19)17(15-7-8-21-12-15)20(2)11-14-6-4-5-13(9-14)10-18/h4-9,12,16-17H,3,11,19H2,1-2H3.